The van der Waals surface area contributed by atoms with Crippen LogP contribution in [0.5, 0.6) is 0 Å². The smallest absolute Gasteiger partial charge is 0.309 e. The predicted molar refractivity (Wildman–Crippen MR) is 149 cm³/mol. The normalized spacial score (nSPS) is 20.2. The van der Waals surface area contributed by atoms with Gasteiger partial charge >= 0.3 is 5.97 Å². The maximum Gasteiger partial charge on any atom is 0.309 e. The number of aromatic nitrogens is 2. The fourth-order valence-electron chi connectivity index (χ4n) is 5.42. The Labute approximate surface area is 240 Å². The molecule has 214 valence electrons. The highest BCUT2D eigenvalue weighted by Crippen LogP contribution is 2.38. The van der Waals surface area contributed by atoms with Crippen LogP contribution in [0, 0.1) is 11.6 Å². The molecule has 2 aliphatic heterocycles. The van der Waals surface area contributed by atoms with Gasteiger partial charge in [-0.1, -0.05) is 35.9 Å². The Hall–Kier alpha value is -4.05. The highest BCUT2D eigenvalue weighted by atomic mass is 35.5. The van der Waals surface area contributed by atoms with E-state index in [0.29, 0.717) is 47.6 Å². The van der Waals surface area contributed by atoms with Gasteiger partial charge in [0.15, 0.2) is 0 Å². The third-order valence-corrected chi connectivity index (χ3v) is 7.82. The van der Waals surface area contributed by atoms with Gasteiger partial charge in [-0.25, -0.2) is 13.8 Å². The Morgan fingerprint density at radius 2 is 2.02 bits per heavy atom. The largest absolute Gasteiger partial charge is 0.469 e. The van der Waals surface area contributed by atoms with E-state index in [-0.39, 0.29) is 48.2 Å². The topological polar surface area (TPSA) is 104 Å². The van der Waals surface area contributed by atoms with E-state index >= 15 is 0 Å². The molecule has 1 aromatic heterocycles. The number of ether oxygens (including phenoxy) is 1. The van der Waals surface area contributed by atoms with E-state index in [9.17, 15) is 23.2 Å². The lowest BCUT2D eigenvalue weighted by Crippen LogP contribution is -2.41. The van der Waals surface area contributed by atoms with Crippen molar-refractivity contribution < 1.29 is 27.9 Å². The Balaban J connectivity index is 1.44. The van der Waals surface area contributed by atoms with Gasteiger partial charge in [0.25, 0.3) is 0 Å². The fraction of sp³-hybridized carbons (Fsp3) is 0.333. The maximum atomic E-state index is 14.7. The van der Waals surface area contributed by atoms with Crippen LogP contribution in [0.3, 0.4) is 0 Å². The van der Waals surface area contributed by atoms with Crippen LogP contribution in [-0.4, -0.2) is 46.3 Å². The summed E-state index contributed by atoms with van der Waals surface area (Å²) in [7, 11) is 1.32. The number of carbonyl (C=O) groups excluding carboxylic acids is 3. The second-order valence-corrected chi connectivity index (χ2v) is 10.6. The number of piperidine rings is 1. The lowest BCUT2D eigenvalue weighted by atomic mass is 9.87. The van der Waals surface area contributed by atoms with Gasteiger partial charge in [0.1, 0.15) is 17.5 Å². The molecule has 2 atom stereocenters. The molecule has 8 nitrogen and oxygen atoms in total. The molecule has 2 amide bonds. The Kier molecular flexibility index (Phi) is 8.49. The number of rotatable bonds is 4. The number of likely N-dealkylation sites (tertiary alicyclic amines) is 1. The number of allylic oxidation sites excluding steroid dienone is 1. The van der Waals surface area contributed by atoms with Gasteiger partial charge in [-0.05, 0) is 43.0 Å². The number of hydrogen-bond acceptors (Lipinski definition) is 5. The summed E-state index contributed by atoms with van der Waals surface area (Å²) in [4.78, 5) is 47.5. The number of methoxy groups -OCH3 is 1. The molecule has 0 spiro atoms. The molecular formula is C30H29ClF2N4O4. The van der Waals surface area contributed by atoms with Crippen molar-refractivity contribution in [1.82, 2.24) is 14.9 Å². The Morgan fingerprint density at radius 1 is 1.20 bits per heavy atom. The monoisotopic (exact) mass is 582 g/mol. The number of imidazole rings is 1. The standard InChI is InChI=1S/C30H29ClF2N4O4/c1-41-27(40)14-17-7-8-19-22(13-17)35-25(38)6-4-2-3-5-24(30-34-16-23(19)36-30)37-12-11-18(15-26(37)39)28-21(32)10-9-20(31)29(28)33/h2-3,7-10,13,16,18,24H,4-6,11-12,14-15H2,1H3,(H,34,36)(H,35,38)/b3-2+/t18?,24-/m0/s1. The molecule has 11 heteroatoms. The summed E-state index contributed by atoms with van der Waals surface area (Å²) in [6, 6.07) is 7.15. The number of fused-ring (bicyclic) bond motifs is 4. The first-order valence-corrected chi connectivity index (χ1v) is 13.8. The van der Waals surface area contributed by atoms with Crippen molar-refractivity contribution in [2.24, 2.45) is 0 Å². The third-order valence-electron chi connectivity index (χ3n) is 7.52. The number of nitrogens with zero attached hydrogens (tertiary/aromatic N) is 2. The van der Waals surface area contributed by atoms with Gasteiger partial charge in [-0.15, -0.1) is 0 Å². The van der Waals surface area contributed by atoms with Crippen molar-refractivity contribution in [2.45, 2.75) is 50.5 Å². The summed E-state index contributed by atoms with van der Waals surface area (Å²) in [5.41, 5.74) is 2.35. The molecule has 0 aliphatic carbocycles. The number of esters is 1. The molecule has 0 saturated carbocycles. The number of nitrogens with one attached hydrogen (secondary N) is 2. The molecule has 1 unspecified atom stereocenters. The number of H-pyrrole nitrogens is 1. The van der Waals surface area contributed by atoms with E-state index in [1.165, 1.54) is 13.2 Å². The average molecular weight is 583 g/mol. The van der Waals surface area contributed by atoms with Crippen molar-refractivity contribution in [1.29, 1.82) is 0 Å². The molecule has 1 fully saturated rings. The molecule has 5 rings (SSSR count). The minimum absolute atomic E-state index is 0.0553. The van der Waals surface area contributed by atoms with Gasteiger partial charge in [0.2, 0.25) is 11.8 Å². The lowest BCUT2D eigenvalue weighted by molar-refractivity contribution is -0.140. The number of anilines is 1. The van der Waals surface area contributed by atoms with Crippen LogP contribution in [0.1, 0.15) is 61.0 Å². The summed E-state index contributed by atoms with van der Waals surface area (Å²) in [6.07, 6.45) is 6.96. The second-order valence-electron chi connectivity index (χ2n) is 10.2. The summed E-state index contributed by atoms with van der Waals surface area (Å²) in [5, 5.41) is 2.76. The number of benzene rings is 2. The molecule has 2 N–H and O–H groups in total. The number of carbonyl (C=O) groups is 3. The van der Waals surface area contributed by atoms with E-state index in [0.717, 1.165) is 6.07 Å². The van der Waals surface area contributed by atoms with Gasteiger partial charge in [-0.2, -0.15) is 0 Å². The van der Waals surface area contributed by atoms with E-state index in [1.807, 2.05) is 12.2 Å². The van der Waals surface area contributed by atoms with Crippen molar-refractivity contribution in [3.63, 3.8) is 0 Å². The molecular weight excluding hydrogens is 554 g/mol. The average Bonchev–Trinajstić information content (AvgIpc) is 3.43. The van der Waals surface area contributed by atoms with Crippen molar-refractivity contribution in [2.75, 3.05) is 19.0 Å². The summed E-state index contributed by atoms with van der Waals surface area (Å²) in [5.74, 6) is -2.44. The molecule has 0 radical (unpaired) electrons. The molecule has 2 aliphatic rings. The molecule has 2 bridgehead atoms. The van der Waals surface area contributed by atoms with E-state index in [2.05, 4.69) is 15.3 Å². The van der Waals surface area contributed by atoms with Crippen LogP contribution in [0.25, 0.3) is 11.3 Å². The first-order valence-electron chi connectivity index (χ1n) is 13.4. The first-order chi connectivity index (χ1) is 19.7. The van der Waals surface area contributed by atoms with Crippen molar-refractivity contribution >= 4 is 35.1 Å². The summed E-state index contributed by atoms with van der Waals surface area (Å²) >= 11 is 5.90. The summed E-state index contributed by atoms with van der Waals surface area (Å²) < 4.78 is 34.0. The maximum absolute atomic E-state index is 14.7. The summed E-state index contributed by atoms with van der Waals surface area (Å²) in [6.45, 7) is 0.275. The number of halogens is 3. The van der Waals surface area contributed by atoms with Gasteiger partial charge < -0.3 is 19.9 Å². The SMILES string of the molecule is COC(=O)Cc1ccc2c(c1)NC(=O)CC/C=C/C[C@H](N1CCC(c3c(F)ccc(Cl)c3F)CC1=O)c1ncc-2[nH]1. The van der Waals surface area contributed by atoms with Crippen LogP contribution >= 0.6 is 11.6 Å². The van der Waals surface area contributed by atoms with Crippen LogP contribution in [-0.2, 0) is 25.5 Å². The number of amides is 2. The Morgan fingerprint density at radius 3 is 2.80 bits per heavy atom. The third kappa shape index (κ3) is 6.17. The zero-order valence-corrected chi connectivity index (χ0v) is 23.1. The minimum Gasteiger partial charge on any atom is -0.469 e. The second kappa shape index (κ2) is 12.2. The minimum atomic E-state index is -0.824. The van der Waals surface area contributed by atoms with Crippen molar-refractivity contribution in [3.8, 4) is 11.3 Å². The van der Waals surface area contributed by atoms with E-state index in [1.54, 1.807) is 29.3 Å². The molecule has 3 heterocycles. The Bertz CT molecular complexity index is 1520. The van der Waals surface area contributed by atoms with Crippen LogP contribution in [0.4, 0.5) is 14.5 Å². The first kappa shape index (κ1) is 28.5. The van der Waals surface area contributed by atoms with E-state index < -0.39 is 29.6 Å². The van der Waals surface area contributed by atoms with Crippen LogP contribution in [0.15, 0.2) is 48.7 Å². The molecule has 41 heavy (non-hydrogen) atoms. The zero-order chi connectivity index (χ0) is 29.1. The van der Waals surface area contributed by atoms with Gasteiger partial charge in [0.05, 0.1) is 42.2 Å². The van der Waals surface area contributed by atoms with Gasteiger partial charge in [-0.3, -0.25) is 14.4 Å². The van der Waals surface area contributed by atoms with Crippen LogP contribution in [0.2, 0.25) is 5.02 Å². The molecule has 1 saturated heterocycles. The lowest BCUT2D eigenvalue weighted by Gasteiger charge is -2.36. The van der Waals surface area contributed by atoms with Crippen molar-refractivity contribution in [3.05, 3.63) is 82.3 Å². The number of aromatic amines is 1. The predicted octanol–water partition coefficient (Wildman–Crippen LogP) is 5.85. The quantitative estimate of drug-likeness (QED) is 0.228. The molecule has 2 aromatic carbocycles. The highest BCUT2D eigenvalue weighted by molar-refractivity contribution is 6.30. The zero-order valence-electron chi connectivity index (χ0n) is 22.4. The van der Waals surface area contributed by atoms with Crippen LogP contribution < -0.4 is 5.32 Å². The fourth-order valence-corrected chi connectivity index (χ4v) is 5.59. The highest BCUT2D eigenvalue weighted by Gasteiger charge is 2.35. The number of hydrogen-bond donors (Lipinski definition) is 2. The van der Waals surface area contributed by atoms with Gasteiger partial charge in [0, 0.05) is 36.4 Å². The van der Waals surface area contributed by atoms with E-state index in [4.69, 9.17) is 16.3 Å². The molecule has 3 aromatic rings.